The van der Waals surface area contributed by atoms with Crippen LogP contribution in [0.25, 0.3) is 0 Å². The molecule has 1 fully saturated rings. The Hall–Kier alpha value is -2.06. The predicted octanol–water partition coefficient (Wildman–Crippen LogP) is 5.26. The largest absolute Gasteiger partial charge is 0.489 e. The quantitative estimate of drug-likeness (QED) is 0.757. The van der Waals surface area contributed by atoms with Gasteiger partial charge in [-0.1, -0.05) is 55.5 Å². The van der Waals surface area contributed by atoms with Crippen molar-refractivity contribution in [3.8, 4) is 5.75 Å². The summed E-state index contributed by atoms with van der Waals surface area (Å²) < 4.78 is 6.05. The van der Waals surface area contributed by atoms with Gasteiger partial charge < -0.3 is 9.84 Å². The van der Waals surface area contributed by atoms with Gasteiger partial charge in [-0.3, -0.25) is 0 Å². The minimum Gasteiger partial charge on any atom is -0.489 e. The highest BCUT2D eigenvalue weighted by molar-refractivity contribution is 5.41. The van der Waals surface area contributed by atoms with Crippen molar-refractivity contribution in [1.29, 1.82) is 0 Å². The molecule has 0 amide bonds. The third-order valence-corrected chi connectivity index (χ3v) is 7.42. The van der Waals surface area contributed by atoms with Crippen molar-refractivity contribution < 1.29 is 9.84 Å². The van der Waals surface area contributed by atoms with Crippen molar-refractivity contribution in [2.75, 3.05) is 0 Å². The van der Waals surface area contributed by atoms with Gasteiger partial charge in [0.25, 0.3) is 0 Å². The maximum absolute atomic E-state index is 10.5. The summed E-state index contributed by atoms with van der Waals surface area (Å²) in [6, 6.07) is 17.1. The monoisotopic (exact) mass is 360 g/mol. The number of allylic oxidation sites excluding steroid dienone is 1. The molecule has 0 aliphatic heterocycles. The summed E-state index contributed by atoms with van der Waals surface area (Å²) in [5, 5.41) is 10.5. The first-order valence-electron chi connectivity index (χ1n) is 10.3. The lowest BCUT2D eigenvalue weighted by molar-refractivity contribution is -0.0101. The number of rotatable bonds is 3. The molecule has 3 aliphatic rings. The van der Waals surface area contributed by atoms with E-state index in [4.69, 9.17) is 4.74 Å². The minimum absolute atomic E-state index is 0.0530. The first kappa shape index (κ1) is 17.1. The highest BCUT2D eigenvalue weighted by Gasteiger charge is 2.52. The summed E-state index contributed by atoms with van der Waals surface area (Å²) in [6.07, 6.45) is 8.73. The van der Waals surface area contributed by atoms with Crippen LogP contribution < -0.4 is 4.74 Å². The van der Waals surface area contributed by atoms with E-state index in [0.717, 1.165) is 18.6 Å². The predicted molar refractivity (Wildman–Crippen MR) is 108 cm³/mol. The summed E-state index contributed by atoms with van der Waals surface area (Å²) in [4.78, 5) is 0. The molecule has 2 nitrogen and oxygen atoms in total. The van der Waals surface area contributed by atoms with Gasteiger partial charge in [0.1, 0.15) is 12.4 Å². The molecular weight excluding hydrogens is 332 g/mol. The topological polar surface area (TPSA) is 29.5 Å². The molecule has 27 heavy (non-hydrogen) atoms. The number of benzene rings is 2. The molecule has 0 heterocycles. The van der Waals surface area contributed by atoms with Crippen molar-refractivity contribution in [1.82, 2.24) is 0 Å². The summed E-state index contributed by atoms with van der Waals surface area (Å²) in [5.74, 6) is 2.80. The van der Waals surface area contributed by atoms with Crippen molar-refractivity contribution in [2.45, 2.75) is 51.2 Å². The molecule has 140 valence electrons. The highest BCUT2D eigenvalue weighted by atomic mass is 16.5. The van der Waals surface area contributed by atoms with Gasteiger partial charge in [0.2, 0.25) is 0 Å². The number of hydrogen-bond acceptors (Lipinski definition) is 2. The third-order valence-electron chi connectivity index (χ3n) is 7.42. The molecule has 2 heteroatoms. The lowest BCUT2D eigenvalue weighted by Crippen LogP contribution is -2.44. The molecule has 3 unspecified atom stereocenters. The van der Waals surface area contributed by atoms with Crippen LogP contribution in [0.15, 0.2) is 60.7 Å². The smallest absolute Gasteiger partial charge is 0.120 e. The van der Waals surface area contributed by atoms with E-state index < -0.39 is 0 Å². The lowest BCUT2D eigenvalue weighted by Gasteiger charge is -2.50. The maximum Gasteiger partial charge on any atom is 0.120 e. The normalized spacial score (nSPS) is 33.9. The average molecular weight is 360 g/mol. The van der Waals surface area contributed by atoms with E-state index in [2.05, 4.69) is 55.5 Å². The Kier molecular flexibility index (Phi) is 4.12. The molecule has 0 bridgehead atoms. The summed E-state index contributed by atoms with van der Waals surface area (Å²) in [5.41, 5.74) is 4.24. The van der Waals surface area contributed by atoms with E-state index in [0.29, 0.717) is 24.4 Å². The van der Waals surface area contributed by atoms with Crippen LogP contribution in [0.5, 0.6) is 5.75 Å². The van der Waals surface area contributed by atoms with Gasteiger partial charge in [-0.2, -0.15) is 0 Å². The zero-order valence-electron chi connectivity index (χ0n) is 16.0. The summed E-state index contributed by atoms with van der Waals surface area (Å²) >= 11 is 0. The third kappa shape index (κ3) is 2.82. The van der Waals surface area contributed by atoms with Crippen LogP contribution in [0.1, 0.15) is 48.8 Å². The summed E-state index contributed by atoms with van der Waals surface area (Å²) in [7, 11) is 0. The van der Waals surface area contributed by atoms with Gasteiger partial charge in [-0.25, -0.2) is 0 Å². The Bertz CT molecular complexity index is 856. The van der Waals surface area contributed by atoms with E-state index >= 15 is 0 Å². The van der Waals surface area contributed by atoms with Crippen LogP contribution in [0.2, 0.25) is 0 Å². The zero-order chi connectivity index (χ0) is 18.4. The van der Waals surface area contributed by atoms with Crippen LogP contribution in [-0.4, -0.2) is 11.2 Å². The fraction of sp³-hybridized carbons (Fsp3) is 0.440. The molecule has 5 rings (SSSR count). The Labute approximate surface area is 161 Å². The fourth-order valence-electron chi connectivity index (χ4n) is 5.82. The molecule has 2 aromatic rings. The second kappa shape index (κ2) is 6.53. The van der Waals surface area contributed by atoms with Crippen molar-refractivity contribution in [3.05, 3.63) is 77.4 Å². The molecule has 1 N–H and O–H groups in total. The molecule has 1 saturated carbocycles. The Balaban J connectivity index is 1.35. The van der Waals surface area contributed by atoms with Gasteiger partial charge >= 0.3 is 0 Å². The average Bonchev–Trinajstić information content (AvgIpc) is 3.01. The highest BCUT2D eigenvalue weighted by Crippen LogP contribution is 2.58. The SMILES string of the molecule is C[C@]12CCC3c4ccc(OCc5ccccc5)cc4CCC3C1C=C[C@@H]2O. The molecule has 2 aromatic carbocycles. The number of aliphatic hydroxyl groups excluding tert-OH is 1. The van der Waals surface area contributed by atoms with Gasteiger partial charge in [-0.15, -0.1) is 0 Å². The molecular formula is C25H28O2. The van der Waals surface area contributed by atoms with Crippen molar-refractivity contribution >= 4 is 0 Å². The Morgan fingerprint density at radius 3 is 2.78 bits per heavy atom. The van der Waals surface area contributed by atoms with Crippen molar-refractivity contribution in [2.24, 2.45) is 17.3 Å². The number of aryl methyl sites for hydroxylation is 1. The number of ether oxygens (including phenoxy) is 1. The van der Waals surface area contributed by atoms with E-state index in [1.807, 2.05) is 12.1 Å². The van der Waals surface area contributed by atoms with E-state index in [1.165, 1.54) is 29.5 Å². The molecule has 5 atom stereocenters. The zero-order valence-corrected chi connectivity index (χ0v) is 16.0. The van der Waals surface area contributed by atoms with E-state index in [9.17, 15) is 5.11 Å². The van der Waals surface area contributed by atoms with Gasteiger partial charge in [-0.05, 0) is 72.3 Å². The van der Waals surface area contributed by atoms with Crippen LogP contribution in [0.3, 0.4) is 0 Å². The van der Waals surface area contributed by atoms with Crippen LogP contribution in [0, 0.1) is 17.3 Å². The fourth-order valence-corrected chi connectivity index (χ4v) is 5.82. The second-order valence-electron chi connectivity index (χ2n) is 8.84. The first-order chi connectivity index (χ1) is 13.1. The number of fused-ring (bicyclic) bond motifs is 5. The standard InChI is InChI=1S/C25H28O2/c1-25-14-13-21-20-10-8-19(27-16-17-5-3-2-4-6-17)15-18(20)7-9-22(21)23(25)11-12-24(25)26/h2-6,8,10-12,15,21-24,26H,7,9,13-14,16H2,1H3/t21?,22?,23?,24-,25-/m0/s1. The summed E-state index contributed by atoms with van der Waals surface area (Å²) in [6.45, 7) is 2.91. The minimum atomic E-state index is -0.265. The van der Waals surface area contributed by atoms with Crippen LogP contribution in [-0.2, 0) is 13.0 Å². The molecule has 0 spiro atoms. The Morgan fingerprint density at radius 2 is 1.93 bits per heavy atom. The van der Waals surface area contributed by atoms with E-state index in [-0.39, 0.29) is 11.5 Å². The van der Waals surface area contributed by atoms with Crippen LogP contribution >= 0.6 is 0 Å². The van der Waals surface area contributed by atoms with Gasteiger partial charge in [0.15, 0.2) is 0 Å². The van der Waals surface area contributed by atoms with Gasteiger partial charge in [0, 0.05) is 5.41 Å². The maximum atomic E-state index is 10.5. The first-order valence-corrected chi connectivity index (χ1v) is 10.3. The van der Waals surface area contributed by atoms with Gasteiger partial charge in [0.05, 0.1) is 6.10 Å². The van der Waals surface area contributed by atoms with E-state index in [1.54, 1.807) is 0 Å². The number of hydrogen-bond donors (Lipinski definition) is 1. The lowest BCUT2D eigenvalue weighted by atomic mass is 9.55. The number of aliphatic hydroxyl groups is 1. The Morgan fingerprint density at radius 1 is 1.07 bits per heavy atom. The molecule has 0 aromatic heterocycles. The van der Waals surface area contributed by atoms with Crippen molar-refractivity contribution in [3.63, 3.8) is 0 Å². The molecule has 0 radical (unpaired) electrons. The molecule has 0 saturated heterocycles. The van der Waals surface area contributed by atoms with Crippen LogP contribution in [0.4, 0.5) is 0 Å². The molecule has 3 aliphatic carbocycles. The second-order valence-corrected chi connectivity index (χ2v) is 8.84.